The summed E-state index contributed by atoms with van der Waals surface area (Å²) in [6.45, 7) is 1.36. The lowest BCUT2D eigenvalue weighted by Crippen LogP contribution is -2.46. The molecule has 0 bridgehead atoms. The van der Waals surface area contributed by atoms with Gasteiger partial charge in [-0.15, -0.1) is 0 Å². The number of aliphatic hydroxyl groups is 3. The molecule has 2 aromatic rings. The number of amides is 1. The first-order valence-corrected chi connectivity index (χ1v) is 8.73. The molecule has 0 unspecified atom stereocenters. The minimum Gasteiger partial charge on any atom is -0.391 e. The van der Waals surface area contributed by atoms with Crippen LogP contribution in [0.2, 0.25) is 0 Å². The number of aromatic nitrogens is 4. The van der Waals surface area contributed by atoms with E-state index in [2.05, 4.69) is 20.3 Å². The summed E-state index contributed by atoms with van der Waals surface area (Å²) < 4.78 is 12.0. The molecule has 0 saturated carbocycles. The number of nitrogens with two attached hydrogens (primary N) is 1. The molecule has 1 saturated heterocycles. The van der Waals surface area contributed by atoms with Crippen LogP contribution in [0.3, 0.4) is 0 Å². The second kappa shape index (κ2) is 8.44. The maximum atomic E-state index is 12.1. The molecule has 29 heavy (non-hydrogen) atoms. The smallest absolute Gasteiger partial charge is 0.294 e. The molecule has 1 aliphatic heterocycles. The SMILES string of the molecule is COC[C@H]1O[C@@H](n2cnc3c(NC(=O)C(=O)[C@@H](N)[C@@H](C)O)ncnc32)[C@H](O)[C@@H]1O. The van der Waals surface area contributed by atoms with Crippen LogP contribution in [0.15, 0.2) is 12.7 Å². The third kappa shape index (κ3) is 3.96. The average molecular weight is 410 g/mol. The minimum absolute atomic E-state index is 0.0635. The van der Waals surface area contributed by atoms with Gasteiger partial charge in [-0.3, -0.25) is 14.2 Å². The Kier molecular flexibility index (Phi) is 6.16. The zero-order chi connectivity index (χ0) is 21.3. The van der Waals surface area contributed by atoms with Gasteiger partial charge in [-0.2, -0.15) is 0 Å². The number of anilines is 1. The molecule has 2 aromatic heterocycles. The molecule has 1 fully saturated rings. The Labute approximate surface area is 164 Å². The predicted molar refractivity (Wildman–Crippen MR) is 96.4 cm³/mol. The predicted octanol–water partition coefficient (Wildman–Crippen LogP) is -2.69. The molecule has 3 heterocycles. The molecule has 1 aliphatic rings. The number of hydrogen-bond acceptors (Lipinski definition) is 11. The number of rotatable bonds is 7. The highest BCUT2D eigenvalue weighted by molar-refractivity contribution is 6.42. The largest absolute Gasteiger partial charge is 0.391 e. The number of carbonyl (C=O) groups excluding carboxylic acids is 2. The molecule has 158 valence electrons. The summed E-state index contributed by atoms with van der Waals surface area (Å²) in [6.07, 6.45) is -2.99. The third-order valence-electron chi connectivity index (χ3n) is 4.58. The summed E-state index contributed by atoms with van der Waals surface area (Å²) >= 11 is 0. The fourth-order valence-corrected chi connectivity index (χ4v) is 2.93. The number of nitrogens with one attached hydrogen (secondary N) is 1. The average Bonchev–Trinajstić information content (AvgIpc) is 3.24. The van der Waals surface area contributed by atoms with Gasteiger partial charge in [0, 0.05) is 7.11 Å². The van der Waals surface area contributed by atoms with E-state index in [4.69, 9.17) is 15.2 Å². The Hall–Kier alpha value is -2.55. The maximum absolute atomic E-state index is 12.1. The first kappa shape index (κ1) is 21.2. The second-order valence-corrected chi connectivity index (χ2v) is 6.63. The molecule has 0 spiro atoms. The Bertz CT molecular complexity index is 903. The Morgan fingerprint density at radius 1 is 1.34 bits per heavy atom. The van der Waals surface area contributed by atoms with Crippen LogP contribution in [0.1, 0.15) is 13.2 Å². The standard InChI is InChI=1S/C16H22N6O7/c1-6(23)8(17)11(25)15(27)21-13-9-14(19-4-18-13)22(5-20-9)16-12(26)10(24)7(29-16)3-28-2/h4-8,10,12,16,23-24,26H,3,17H2,1-2H3,(H,18,19,21,27)/t6-,7-,8+,10-,12-,16-/m1/s1. The van der Waals surface area contributed by atoms with Crippen molar-refractivity contribution in [1.29, 1.82) is 0 Å². The molecule has 13 heteroatoms. The van der Waals surface area contributed by atoms with Crippen LogP contribution >= 0.6 is 0 Å². The summed E-state index contributed by atoms with van der Waals surface area (Å²) in [6, 6.07) is -1.38. The van der Waals surface area contributed by atoms with Crippen molar-refractivity contribution in [2.24, 2.45) is 5.73 Å². The van der Waals surface area contributed by atoms with Gasteiger partial charge in [-0.05, 0) is 6.92 Å². The fourth-order valence-electron chi connectivity index (χ4n) is 2.93. The van der Waals surface area contributed by atoms with E-state index in [0.717, 1.165) is 6.33 Å². The second-order valence-electron chi connectivity index (χ2n) is 6.63. The van der Waals surface area contributed by atoms with Crippen LogP contribution in [0, 0.1) is 0 Å². The van der Waals surface area contributed by atoms with Crippen molar-refractivity contribution in [3.8, 4) is 0 Å². The molecule has 0 aliphatic carbocycles. The normalized spacial score (nSPS) is 26.4. The van der Waals surface area contributed by atoms with Gasteiger partial charge >= 0.3 is 0 Å². The zero-order valence-electron chi connectivity index (χ0n) is 15.7. The number of carbonyl (C=O) groups is 2. The van der Waals surface area contributed by atoms with Crippen LogP contribution in [0.5, 0.6) is 0 Å². The number of imidazole rings is 1. The van der Waals surface area contributed by atoms with E-state index >= 15 is 0 Å². The minimum atomic E-state index is -1.38. The van der Waals surface area contributed by atoms with Crippen molar-refractivity contribution in [2.75, 3.05) is 19.0 Å². The molecular weight excluding hydrogens is 388 g/mol. The first-order valence-electron chi connectivity index (χ1n) is 8.73. The van der Waals surface area contributed by atoms with Crippen molar-refractivity contribution >= 4 is 28.7 Å². The van der Waals surface area contributed by atoms with E-state index in [0.29, 0.717) is 0 Å². The van der Waals surface area contributed by atoms with E-state index in [-0.39, 0.29) is 23.6 Å². The van der Waals surface area contributed by atoms with Crippen molar-refractivity contribution < 1.29 is 34.4 Å². The van der Waals surface area contributed by atoms with E-state index < -0.39 is 48.4 Å². The number of Topliss-reactive ketones (excluding diaryl/α,β-unsaturated/α-hetero) is 1. The van der Waals surface area contributed by atoms with E-state index in [9.17, 15) is 24.9 Å². The zero-order valence-corrected chi connectivity index (χ0v) is 15.7. The monoisotopic (exact) mass is 410 g/mol. The molecule has 13 nitrogen and oxygen atoms in total. The van der Waals surface area contributed by atoms with Crippen molar-refractivity contribution in [3.63, 3.8) is 0 Å². The van der Waals surface area contributed by atoms with E-state index in [1.54, 1.807) is 0 Å². The van der Waals surface area contributed by atoms with Gasteiger partial charge in [0.05, 0.1) is 25.1 Å². The lowest BCUT2D eigenvalue weighted by molar-refractivity contribution is -0.136. The van der Waals surface area contributed by atoms with Gasteiger partial charge in [-0.1, -0.05) is 0 Å². The van der Waals surface area contributed by atoms with E-state index in [1.807, 2.05) is 0 Å². The van der Waals surface area contributed by atoms with Gasteiger partial charge in [0.1, 0.15) is 24.6 Å². The Morgan fingerprint density at radius 3 is 2.72 bits per heavy atom. The molecule has 6 atom stereocenters. The molecule has 1 amide bonds. The van der Waals surface area contributed by atoms with Gasteiger partial charge < -0.3 is 35.8 Å². The number of methoxy groups -OCH3 is 1. The van der Waals surface area contributed by atoms with Gasteiger partial charge in [0.25, 0.3) is 5.91 Å². The number of ketones is 1. The molecule has 0 aromatic carbocycles. The maximum Gasteiger partial charge on any atom is 0.294 e. The van der Waals surface area contributed by atoms with Crippen LogP contribution < -0.4 is 11.1 Å². The lowest BCUT2D eigenvalue weighted by atomic mass is 10.1. The van der Waals surface area contributed by atoms with Crippen LogP contribution in [-0.2, 0) is 19.1 Å². The summed E-state index contributed by atoms with van der Waals surface area (Å²) in [4.78, 5) is 36.2. The molecule has 3 rings (SSSR count). The lowest BCUT2D eigenvalue weighted by Gasteiger charge is -2.16. The van der Waals surface area contributed by atoms with Crippen LogP contribution in [0.25, 0.3) is 11.2 Å². The summed E-state index contributed by atoms with van der Waals surface area (Å²) in [5.41, 5.74) is 5.81. The number of hydrogen-bond donors (Lipinski definition) is 5. The summed E-state index contributed by atoms with van der Waals surface area (Å²) in [5.74, 6) is -2.15. The molecule has 6 N–H and O–H groups in total. The molecular formula is C16H22N6O7. The van der Waals surface area contributed by atoms with Crippen molar-refractivity contribution in [3.05, 3.63) is 12.7 Å². The number of fused-ring (bicyclic) bond motifs is 1. The van der Waals surface area contributed by atoms with E-state index in [1.165, 1.54) is 24.9 Å². The quantitative estimate of drug-likeness (QED) is 0.298. The van der Waals surface area contributed by atoms with Gasteiger partial charge in [0.15, 0.2) is 23.2 Å². The highest BCUT2D eigenvalue weighted by Crippen LogP contribution is 2.32. The number of ether oxygens (including phenoxy) is 2. The fraction of sp³-hybridized carbons (Fsp3) is 0.562. The number of nitrogens with zero attached hydrogens (tertiary/aromatic N) is 4. The Morgan fingerprint density at radius 2 is 2.07 bits per heavy atom. The van der Waals surface area contributed by atoms with Crippen LogP contribution in [0.4, 0.5) is 5.82 Å². The highest BCUT2D eigenvalue weighted by atomic mass is 16.6. The van der Waals surface area contributed by atoms with Gasteiger partial charge in [0.2, 0.25) is 5.78 Å². The third-order valence-corrected chi connectivity index (χ3v) is 4.58. The summed E-state index contributed by atoms with van der Waals surface area (Å²) in [5, 5.41) is 32.1. The number of aliphatic hydroxyl groups excluding tert-OH is 3. The van der Waals surface area contributed by atoms with Crippen molar-refractivity contribution in [1.82, 2.24) is 19.5 Å². The highest BCUT2D eigenvalue weighted by Gasteiger charge is 2.44. The topological polar surface area (TPSA) is 195 Å². The summed E-state index contributed by atoms with van der Waals surface area (Å²) in [7, 11) is 1.44. The Balaban J connectivity index is 1.86. The molecule has 0 radical (unpaired) electrons. The van der Waals surface area contributed by atoms with Crippen molar-refractivity contribution in [2.45, 2.75) is 43.6 Å². The first-order chi connectivity index (χ1) is 13.8. The van der Waals surface area contributed by atoms with Crippen LogP contribution in [-0.4, -0.2) is 90.7 Å². The van der Waals surface area contributed by atoms with Gasteiger partial charge in [-0.25, -0.2) is 15.0 Å².